The second-order valence-corrected chi connectivity index (χ2v) is 6.04. The van der Waals surface area contributed by atoms with Gasteiger partial charge < -0.3 is 19.7 Å². The Labute approximate surface area is 150 Å². The van der Waals surface area contributed by atoms with Crippen LogP contribution in [0.15, 0.2) is 29.3 Å². The van der Waals surface area contributed by atoms with Gasteiger partial charge in [0.1, 0.15) is 5.75 Å². The number of ether oxygens (including phenoxy) is 2. The second-order valence-electron chi connectivity index (χ2n) is 6.04. The molecule has 1 heterocycles. The lowest BCUT2D eigenvalue weighted by molar-refractivity contribution is -0.146. The molecule has 0 amide bonds. The molecule has 0 aliphatic carbocycles. The number of nitrogens with zero attached hydrogens (tertiary/aromatic N) is 2. The van der Waals surface area contributed by atoms with Crippen LogP contribution in [0, 0.1) is 5.92 Å². The fourth-order valence-corrected chi connectivity index (χ4v) is 2.99. The SMILES string of the molecule is CCNC(=NCc1cccc(OCC)c1)N1CCC(C(=O)OC)CC1. The molecular weight excluding hydrogens is 318 g/mol. The maximum absolute atomic E-state index is 11.7. The minimum atomic E-state index is -0.102. The second kappa shape index (κ2) is 9.91. The Kier molecular flexibility index (Phi) is 7.57. The van der Waals surface area contributed by atoms with Crippen LogP contribution in [0.1, 0.15) is 32.3 Å². The van der Waals surface area contributed by atoms with E-state index in [9.17, 15) is 4.79 Å². The number of likely N-dealkylation sites (tertiary alicyclic amines) is 1. The van der Waals surface area contributed by atoms with Crippen LogP contribution >= 0.6 is 0 Å². The van der Waals surface area contributed by atoms with Gasteiger partial charge in [0.05, 0.1) is 26.2 Å². The van der Waals surface area contributed by atoms with Gasteiger partial charge in [0.15, 0.2) is 5.96 Å². The highest BCUT2D eigenvalue weighted by molar-refractivity contribution is 5.80. The fraction of sp³-hybridized carbons (Fsp3) is 0.579. The van der Waals surface area contributed by atoms with Crippen molar-refractivity contribution in [1.82, 2.24) is 10.2 Å². The summed E-state index contributed by atoms with van der Waals surface area (Å²) in [5.41, 5.74) is 1.12. The zero-order chi connectivity index (χ0) is 18.1. The van der Waals surface area contributed by atoms with E-state index in [1.165, 1.54) is 7.11 Å². The quantitative estimate of drug-likeness (QED) is 0.486. The lowest BCUT2D eigenvalue weighted by Gasteiger charge is -2.33. The number of esters is 1. The van der Waals surface area contributed by atoms with Crippen LogP contribution < -0.4 is 10.1 Å². The molecule has 1 saturated heterocycles. The highest BCUT2D eigenvalue weighted by atomic mass is 16.5. The summed E-state index contributed by atoms with van der Waals surface area (Å²) in [6.07, 6.45) is 1.60. The van der Waals surface area contributed by atoms with Crippen molar-refractivity contribution in [3.8, 4) is 5.75 Å². The molecule has 2 rings (SSSR count). The number of guanidine groups is 1. The highest BCUT2D eigenvalue weighted by Crippen LogP contribution is 2.19. The molecule has 0 bridgehead atoms. The number of methoxy groups -OCH3 is 1. The van der Waals surface area contributed by atoms with Crippen LogP contribution in [-0.4, -0.2) is 50.2 Å². The number of carbonyl (C=O) groups excluding carboxylic acids is 1. The lowest BCUT2D eigenvalue weighted by atomic mass is 9.97. The van der Waals surface area contributed by atoms with E-state index < -0.39 is 0 Å². The van der Waals surface area contributed by atoms with Gasteiger partial charge >= 0.3 is 5.97 Å². The Morgan fingerprint density at radius 2 is 2.08 bits per heavy atom. The molecule has 0 aromatic heterocycles. The van der Waals surface area contributed by atoms with E-state index in [0.29, 0.717) is 13.2 Å². The third kappa shape index (κ3) is 5.66. The smallest absolute Gasteiger partial charge is 0.308 e. The number of nitrogens with one attached hydrogen (secondary N) is 1. The number of benzene rings is 1. The number of hydrogen-bond acceptors (Lipinski definition) is 4. The first kappa shape index (κ1) is 19.1. The van der Waals surface area contributed by atoms with Gasteiger partial charge in [0.2, 0.25) is 0 Å². The molecule has 0 spiro atoms. The molecule has 1 aliphatic rings. The summed E-state index contributed by atoms with van der Waals surface area (Å²) in [6.45, 7) is 7.73. The first-order valence-corrected chi connectivity index (χ1v) is 9.00. The molecule has 6 nitrogen and oxygen atoms in total. The predicted molar refractivity (Wildman–Crippen MR) is 98.7 cm³/mol. The summed E-state index contributed by atoms with van der Waals surface area (Å²) in [7, 11) is 1.45. The Morgan fingerprint density at radius 1 is 1.32 bits per heavy atom. The number of rotatable bonds is 6. The molecule has 1 N–H and O–H groups in total. The van der Waals surface area contributed by atoms with Gasteiger partial charge in [-0.2, -0.15) is 0 Å². The molecular formula is C19H29N3O3. The standard InChI is InChI=1S/C19H29N3O3/c1-4-20-19(22-11-9-16(10-12-22)18(23)24-3)21-14-15-7-6-8-17(13-15)25-5-2/h6-8,13,16H,4-5,9-12,14H2,1-3H3,(H,20,21). The molecule has 1 aromatic carbocycles. The normalized spacial score (nSPS) is 15.8. The summed E-state index contributed by atoms with van der Waals surface area (Å²) in [4.78, 5) is 18.6. The summed E-state index contributed by atoms with van der Waals surface area (Å²) >= 11 is 0. The van der Waals surface area contributed by atoms with Crippen LogP contribution in [0.2, 0.25) is 0 Å². The van der Waals surface area contributed by atoms with Crippen LogP contribution in [0.4, 0.5) is 0 Å². The van der Waals surface area contributed by atoms with Crippen molar-refractivity contribution in [2.45, 2.75) is 33.2 Å². The molecule has 1 fully saturated rings. The van der Waals surface area contributed by atoms with Crippen LogP contribution in [0.5, 0.6) is 5.75 Å². The molecule has 25 heavy (non-hydrogen) atoms. The third-order valence-electron chi connectivity index (χ3n) is 4.28. The zero-order valence-corrected chi connectivity index (χ0v) is 15.5. The van der Waals surface area contributed by atoms with Crippen LogP contribution in [-0.2, 0) is 16.1 Å². The van der Waals surface area contributed by atoms with Crippen molar-refractivity contribution in [3.63, 3.8) is 0 Å². The van der Waals surface area contributed by atoms with Crippen molar-refractivity contribution in [2.75, 3.05) is 33.4 Å². The number of aliphatic imine (C=N–C) groups is 1. The number of piperidine rings is 1. The third-order valence-corrected chi connectivity index (χ3v) is 4.28. The average Bonchev–Trinajstić information content (AvgIpc) is 2.65. The van der Waals surface area contributed by atoms with Gasteiger partial charge in [0, 0.05) is 19.6 Å². The first-order valence-electron chi connectivity index (χ1n) is 9.00. The monoisotopic (exact) mass is 347 g/mol. The lowest BCUT2D eigenvalue weighted by Crippen LogP contribution is -2.46. The Morgan fingerprint density at radius 3 is 2.72 bits per heavy atom. The molecule has 1 aliphatic heterocycles. The van der Waals surface area contributed by atoms with E-state index >= 15 is 0 Å². The Bertz CT molecular complexity index is 581. The molecule has 138 valence electrons. The van der Waals surface area contributed by atoms with Crippen molar-refractivity contribution in [1.29, 1.82) is 0 Å². The summed E-state index contributed by atoms with van der Waals surface area (Å²) in [6, 6.07) is 8.03. The van der Waals surface area contributed by atoms with E-state index in [2.05, 4.69) is 23.2 Å². The fourth-order valence-electron chi connectivity index (χ4n) is 2.99. The first-order chi connectivity index (χ1) is 12.2. The van der Waals surface area contributed by atoms with E-state index in [1.54, 1.807) is 0 Å². The largest absolute Gasteiger partial charge is 0.494 e. The van der Waals surface area contributed by atoms with Crippen LogP contribution in [0.3, 0.4) is 0 Å². The Hall–Kier alpha value is -2.24. The van der Waals surface area contributed by atoms with Gasteiger partial charge in [-0.25, -0.2) is 4.99 Å². The molecule has 0 unspecified atom stereocenters. The van der Waals surface area contributed by atoms with Crippen LogP contribution in [0.25, 0.3) is 0 Å². The molecule has 0 saturated carbocycles. The summed E-state index contributed by atoms with van der Waals surface area (Å²) in [5, 5.41) is 3.35. The topological polar surface area (TPSA) is 63.2 Å². The van der Waals surface area contributed by atoms with E-state index in [1.807, 2.05) is 25.1 Å². The van der Waals surface area contributed by atoms with Gasteiger partial charge in [-0.05, 0) is 44.4 Å². The van der Waals surface area contributed by atoms with Crippen molar-refractivity contribution >= 4 is 11.9 Å². The minimum Gasteiger partial charge on any atom is -0.494 e. The van der Waals surface area contributed by atoms with Gasteiger partial charge in [-0.1, -0.05) is 12.1 Å². The van der Waals surface area contributed by atoms with E-state index in [-0.39, 0.29) is 11.9 Å². The average molecular weight is 347 g/mol. The number of hydrogen-bond donors (Lipinski definition) is 1. The summed E-state index contributed by atoms with van der Waals surface area (Å²) < 4.78 is 10.4. The summed E-state index contributed by atoms with van der Waals surface area (Å²) in [5.74, 6) is 1.67. The number of carbonyl (C=O) groups is 1. The Balaban J connectivity index is 1.99. The molecule has 0 radical (unpaired) electrons. The van der Waals surface area contributed by atoms with E-state index in [0.717, 1.165) is 49.7 Å². The molecule has 6 heteroatoms. The maximum Gasteiger partial charge on any atom is 0.308 e. The van der Waals surface area contributed by atoms with Crippen molar-refractivity contribution < 1.29 is 14.3 Å². The predicted octanol–water partition coefficient (Wildman–Crippen LogP) is 2.44. The molecule has 0 atom stereocenters. The maximum atomic E-state index is 11.7. The van der Waals surface area contributed by atoms with Crippen molar-refractivity contribution in [2.24, 2.45) is 10.9 Å². The van der Waals surface area contributed by atoms with Gasteiger partial charge in [-0.3, -0.25) is 4.79 Å². The minimum absolute atomic E-state index is 0.00648. The van der Waals surface area contributed by atoms with Gasteiger partial charge in [0.25, 0.3) is 0 Å². The van der Waals surface area contributed by atoms with E-state index in [4.69, 9.17) is 14.5 Å². The van der Waals surface area contributed by atoms with Crippen molar-refractivity contribution in [3.05, 3.63) is 29.8 Å². The molecule has 1 aromatic rings. The zero-order valence-electron chi connectivity index (χ0n) is 15.5. The highest BCUT2D eigenvalue weighted by Gasteiger charge is 2.26. The van der Waals surface area contributed by atoms with Gasteiger partial charge in [-0.15, -0.1) is 0 Å².